The highest BCUT2D eigenvalue weighted by molar-refractivity contribution is 7.13. The number of thiazole rings is 1. The monoisotopic (exact) mass is 378 g/mol. The van der Waals surface area contributed by atoms with Gasteiger partial charge in [-0.25, -0.2) is 4.98 Å². The van der Waals surface area contributed by atoms with Crippen molar-refractivity contribution in [2.75, 3.05) is 57.3 Å². The third-order valence-corrected chi connectivity index (χ3v) is 6.37. The van der Waals surface area contributed by atoms with Crippen molar-refractivity contribution in [2.24, 2.45) is 22.6 Å². The first-order valence-corrected chi connectivity index (χ1v) is 10.9. The number of nitrogens with two attached hydrogens (primary N) is 1. The molecule has 2 aliphatic heterocycles. The smallest absolute Gasteiger partial charge is 0.191 e. The first kappa shape index (κ1) is 19.4. The summed E-state index contributed by atoms with van der Waals surface area (Å²) in [7, 11) is 0. The topological polar surface area (TPSA) is 61.0 Å². The fourth-order valence-electron chi connectivity index (χ4n) is 3.65. The molecule has 3 rings (SSSR count). The van der Waals surface area contributed by atoms with Crippen LogP contribution in [0.4, 0.5) is 5.13 Å². The molecule has 0 amide bonds. The zero-order valence-electron chi connectivity index (χ0n) is 16.3. The molecule has 2 saturated heterocycles. The van der Waals surface area contributed by atoms with Crippen LogP contribution in [0.25, 0.3) is 0 Å². The number of hydrogen-bond acceptors (Lipinski definition) is 5. The highest BCUT2D eigenvalue weighted by atomic mass is 32.1. The van der Waals surface area contributed by atoms with Crippen LogP contribution in [0.3, 0.4) is 0 Å². The van der Waals surface area contributed by atoms with E-state index >= 15 is 0 Å². The van der Waals surface area contributed by atoms with Gasteiger partial charge in [-0.1, -0.05) is 13.8 Å². The van der Waals surface area contributed by atoms with Crippen LogP contribution in [0, 0.1) is 11.8 Å². The molecule has 0 spiro atoms. The van der Waals surface area contributed by atoms with Crippen LogP contribution < -0.4 is 10.6 Å². The van der Waals surface area contributed by atoms with Crippen LogP contribution in [-0.4, -0.2) is 73.1 Å². The lowest BCUT2D eigenvalue weighted by Crippen LogP contribution is -2.51. The van der Waals surface area contributed by atoms with Crippen molar-refractivity contribution in [1.29, 1.82) is 0 Å². The number of anilines is 1. The minimum atomic E-state index is 0.695. The normalized spacial score (nSPS) is 21.0. The number of aliphatic imine (C=N–C) groups is 1. The van der Waals surface area contributed by atoms with Gasteiger partial charge in [-0.2, -0.15) is 0 Å². The van der Waals surface area contributed by atoms with E-state index in [4.69, 9.17) is 10.7 Å². The van der Waals surface area contributed by atoms with Crippen LogP contribution in [-0.2, 0) is 0 Å². The molecule has 0 radical (unpaired) electrons. The zero-order valence-corrected chi connectivity index (χ0v) is 17.1. The molecular weight excluding hydrogens is 344 g/mol. The molecule has 2 N–H and O–H groups in total. The molecule has 0 aromatic carbocycles. The van der Waals surface area contributed by atoms with E-state index in [0.29, 0.717) is 5.92 Å². The Morgan fingerprint density at radius 2 is 1.96 bits per heavy atom. The van der Waals surface area contributed by atoms with Gasteiger partial charge in [0, 0.05) is 44.3 Å². The van der Waals surface area contributed by atoms with E-state index < -0.39 is 0 Å². The van der Waals surface area contributed by atoms with E-state index in [0.717, 1.165) is 49.7 Å². The summed E-state index contributed by atoms with van der Waals surface area (Å²) in [6, 6.07) is 0. The third kappa shape index (κ3) is 5.58. The Bertz CT molecular complexity index is 542. The molecular formula is C19H34N6S. The first-order chi connectivity index (χ1) is 12.6. The van der Waals surface area contributed by atoms with E-state index in [1.54, 1.807) is 11.3 Å². The van der Waals surface area contributed by atoms with Crippen molar-refractivity contribution in [1.82, 2.24) is 14.8 Å². The van der Waals surface area contributed by atoms with Crippen LogP contribution in [0.5, 0.6) is 0 Å². The maximum atomic E-state index is 6.27. The zero-order chi connectivity index (χ0) is 18.4. The number of piperazine rings is 1. The van der Waals surface area contributed by atoms with Crippen molar-refractivity contribution in [3.8, 4) is 0 Å². The number of aromatic nitrogens is 1. The Hall–Kier alpha value is -1.34. The molecule has 2 aliphatic rings. The van der Waals surface area contributed by atoms with Crippen molar-refractivity contribution in [2.45, 2.75) is 33.1 Å². The minimum Gasteiger partial charge on any atom is -0.370 e. The molecule has 0 saturated carbocycles. The SMILES string of the molecule is CC(C)CCN1CCC(CN=C(N)N2CCN(c3nccs3)CC2)CC1. The quantitative estimate of drug-likeness (QED) is 0.608. The minimum absolute atomic E-state index is 0.695. The molecule has 7 heteroatoms. The molecule has 1 aromatic heterocycles. The average Bonchev–Trinajstić information content (AvgIpc) is 3.20. The van der Waals surface area contributed by atoms with E-state index in [-0.39, 0.29) is 0 Å². The van der Waals surface area contributed by atoms with Crippen molar-refractivity contribution in [3.05, 3.63) is 11.6 Å². The Balaban J connectivity index is 1.37. The van der Waals surface area contributed by atoms with Gasteiger partial charge in [-0.05, 0) is 50.7 Å². The van der Waals surface area contributed by atoms with Gasteiger partial charge in [0.05, 0.1) is 0 Å². The van der Waals surface area contributed by atoms with Crippen molar-refractivity contribution in [3.63, 3.8) is 0 Å². The van der Waals surface area contributed by atoms with Gasteiger partial charge >= 0.3 is 0 Å². The Morgan fingerprint density at radius 1 is 1.23 bits per heavy atom. The van der Waals surface area contributed by atoms with Crippen LogP contribution in [0.1, 0.15) is 33.1 Å². The van der Waals surface area contributed by atoms with E-state index in [1.165, 1.54) is 38.9 Å². The molecule has 2 fully saturated rings. The first-order valence-electron chi connectivity index (χ1n) is 10.0. The summed E-state index contributed by atoms with van der Waals surface area (Å²) in [5.41, 5.74) is 6.27. The summed E-state index contributed by atoms with van der Waals surface area (Å²) in [6.07, 6.45) is 5.69. The lowest BCUT2D eigenvalue weighted by molar-refractivity contribution is 0.179. The molecule has 26 heavy (non-hydrogen) atoms. The van der Waals surface area contributed by atoms with Gasteiger partial charge in [-0.3, -0.25) is 4.99 Å². The molecule has 6 nitrogen and oxygen atoms in total. The highest BCUT2D eigenvalue weighted by Gasteiger charge is 2.21. The Morgan fingerprint density at radius 3 is 2.58 bits per heavy atom. The average molecular weight is 379 g/mol. The summed E-state index contributed by atoms with van der Waals surface area (Å²) >= 11 is 1.70. The Labute approximate surface area is 162 Å². The largest absolute Gasteiger partial charge is 0.370 e. The summed E-state index contributed by atoms with van der Waals surface area (Å²) in [5.74, 6) is 2.22. The number of nitrogens with zero attached hydrogens (tertiary/aromatic N) is 5. The molecule has 146 valence electrons. The second-order valence-electron chi connectivity index (χ2n) is 7.96. The fraction of sp³-hybridized carbons (Fsp3) is 0.789. The van der Waals surface area contributed by atoms with Gasteiger partial charge in [0.1, 0.15) is 0 Å². The summed E-state index contributed by atoms with van der Waals surface area (Å²) in [5, 5.41) is 3.15. The van der Waals surface area contributed by atoms with Gasteiger partial charge in [0.25, 0.3) is 0 Å². The standard InChI is InChI=1S/C19H34N6S/c1-16(2)3-7-23-8-4-17(5-9-23)15-22-18(20)24-10-12-25(13-11-24)19-21-6-14-26-19/h6,14,16-17H,3-5,7-13,15H2,1-2H3,(H2,20,22). The fourth-order valence-corrected chi connectivity index (χ4v) is 4.35. The summed E-state index contributed by atoms with van der Waals surface area (Å²) in [6.45, 7) is 13.0. The van der Waals surface area contributed by atoms with Crippen LogP contribution in [0.2, 0.25) is 0 Å². The maximum absolute atomic E-state index is 6.27. The van der Waals surface area contributed by atoms with Gasteiger partial charge < -0.3 is 20.4 Å². The van der Waals surface area contributed by atoms with Gasteiger partial charge in [-0.15, -0.1) is 11.3 Å². The maximum Gasteiger partial charge on any atom is 0.191 e. The predicted molar refractivity (Wildman–Crippen MR) is 111 cm³/mol. The Kier molecular flexibility index (Phi) is 7.14. The van der Waals surface area contributed by atoms with Gasteiger partial charge in [0.15, 0.2) is 11.1 Å². The number of rotatable bonds is 6. The van der Waals surface area contributed by atoms with E-state index in [2.05, 4.69) is 33.5 Å². The van der Waals surface area contributed by atoms with E-state index in [1.807, 2.05) is 11.6 Å². The molecule has 0 unspecified atom stereocenters. The van der Waals surface area contributed by atoms with E-state index in [9.17, 15) is 0 Å². The number of piperidine rings is 1. The number of likely N-dealkylation sites (tertiary alicyclic amines) is 1. The lowest BCUT2D eigenvalue weighted by atomic mass is 9.96. The number of guanidine groups is 1. The van der Waals surface area contributed by atoms with Crippen molar-refractivity contribution < 1.29 is 0 Å². The highest BCUT2D eigenvalue weighted by Crippen LogP contribution is 2.20. The predicted octanol–water partition coefficient (Wildman–Crippen LogP) is 2.34. The summed E-state index contributed by atoms with van der Waals surface area (Å²) in [4.78, 5) is 16.3. The third-order valence-electron chi connectivity index (χ3n) is 5.53. The van der Waals surface area contributed by atoms with Gasteiger partial charge in [0.2, 0.25) is 0 Å². The molecule has 0 aliphatic carbocycles. The molecule has 3 heterocycles. The molecule has 1 aromatic rings. The van der Waals surface area contributed by atoms with Crippen LogP contribution >= 0.6 is 11.3 Å². The van der Waals surface area contributed by atoms with Crippen LogP contribution in [0.15, 0.2) is 16.6 Å². The van der Waals surface area contributed by atoms with Crippen molar-refractivity contribution >= 4 is 22.4 Å². The second-order valence-corrected chi connectivity index (χ2v) is 8.83. The molecule has 0 bridgehead atoms. The number of hydrogen-bond donors (Lipinski definition) is 1. The lowest BCUT2D eigenvalue weighted by Gasteiger charge is -2.35. The molecule has 0 atom stereocenters. The summed E-state index contributed by atoms with van der Waals surface area (Å²) < 4.78 is 0. The second kappa shape index (κ2) is 9.55.